The molecule has 0 aromatic rings. The van der Waals surface area contributed by atoms with E-state index in [-0.39, 0.29) is 0 Å². The van der Waals surface area contributed by atoms with Crippen molar-refractivity contribution in [2.45, 2.75) is 34.1 Å². The van der Waals surface area contributed by atoms with Crippen LogP contribution in [0.25, 0.3) is 0 Å². The summed E-state index contributed by atoms with van der Waals surface area (Å²) in [5, 5.41) is 0. The van der Waals surface area contributed by atoms with Crippen molar-refractivity contribution in [2.24, 2.45) is 5.92 Å². The molecule has 0 amide bonds. The molecule has 0 aromatic heterocycles. The molecule has 0 aliphatic heterocycles. The fourth-order valence-corrected chi connectivity index (χ4v) is 1.27. The summed E-state index contributed by atoms with van der Waals surface area (Å²) >= 11 is 0. The van der Waals surface area contributed by atoms with Gasteiger partial charge >= 0.3 is 0 Å². The predicted molar refractivity (Wildman–Crippen MR) is 45.9 cm³/mol. The molecule has 0 saturated heterocycles. The van der Waals surface area contributed by atoms with Gasteiger partial charge in [-0.05, 0) is 26.2 Å². The van der Waals surface area contributed by atoms with Crippen LogP contribution in [0.5, 0.6) is 0 Å². The largest absolute Gasteiger partial charge is 0.0663 e. The van der Waals surface area contributed by atoms with E-state index in [1.165, 1.54) is 12.0 Å². The van der Waals surface area contributed by atoms with Crippen LogP contribution in [0, 0.1) is 5.92 Å². The quantitative estimate of drug-likeness (QED) is 0.518. The molecular weight excluding hydrogens is 120 g/mol. The van der Waals surface area contributed by atoms with Crippen molar-refractivity contribution in [3.05, 3.63) is 22.8 Å². The highest BCUT2D eigenvalue weighted by molar-refractivity contribution is 5.37. The molecule has 0 bridgehead atoms. The average molecular weight is 136 g/mol. The van der Waals surface area contributed by atoms with Crippen LogP contribution in [-0.2, 0) is 0 Å². The van der Waals surface area contributed by atoms with Crippen LogP contribution in [0.2, 0.25) is 0 Å². The molecule has 0 heteroatoms. The average Bonchev–Trinajstić information content (AvgIpc) is 2.13. The lowest BCUT2D eigenvalue weighted by Gasteiger charge is -2.04. The van der Waals surface area contributed by atoms with E-state index in [0.29, 0.717) is 0 Å². The lowest BCUT2D eigenvalue weighted by molar-refractivity contribution is 0.746. The van der Waals surface area contributed by atoms with Gasteiger partial charge in [0.15, 0.2) is 0 Å². The molecule has 0 unspecified atom stereocenters. The zero-order valence-electron chi connectivity index (χ0n) is 7.36. The van der Waals surface area contributed by atoms with E-state index >= 15 is 0 Å². The molecule has 1 aliphatic carbocycles. The Hall–Kier alpha value is -0.520. The van der Waals surface area contributed by atoms with Gasteiger partial charge in [0.25, 0.3) is 0 Å². The number of allylic oxidation sites excluding steroid dienone is 4. The van der Waals surface area contributed by atoms with Gasteiger partial charge in [-0.2, -0.15) is 0 Å². The Morgan fingerprint density at radius 3 is 2.10 bits per heavy atom. The van der Waals surface area contributed by atoms with E-state index in [2.05, 4.69) is 33.8 Å². The van der Waals surface area contributed by atoms with Crippen LogP contribution in [-0.4, -0.2) is 0 Å². The third-order valence-corrected chi connectivity index (χ3v) is 2.29. The molecule has 0 radical (unpaired) electrons. The molecule has 0 N–H and O–H groups in total. The van der Waals surface area contributed by atoms with E-state index in [4.69, 9.17) is 0 Å². The van der Waals surface area contributed by atoms with Gasteiger partial charge in [0, 0.05) is 0 Å². The molecule has 0 spiro atoms. The first-order valence-electron chi connectivity index (χ1n) is 3.98. The maximum atomic E-state index is 2.33. The fraction of sp³-hybridized carbons (Fsp3) is 0.600. The lowest BCUT2D eigenvalue weighted by Crippen LogP contribution is -1.89. The van der Waals surface area contributed by atoms with Crippen molar-refractivity contribution in [3.8, 4) is 0 Å². The summed E-state index contributed by atoms with van der Waals surface area (Å²) in [6.07, 6.45) is 3.55. The van der Waals surface area contributed by atoms with Crippen LogP contribution in [0.15, 0.2) is 22.8 Å². The van der Waals surface area contributed by atoms with Crippen LogP contribution >= 0.6 is 0 Å². The number of rotatable bonds is 1. The third-order valence-electron chi connectivity index (χ3n) is 2.29. The van der Waals surface area contributed by atoms with E-state index in [1.54, 1.807) is 11.1 Å². The molecule has 0 aromatic carbocycles. The summed E-state index contributed by atoms with van der Waals surface area (Å²) < 4.78 is 0. The van der Waals surface area contributed by atoms with Gasteiger partial charge in [0.2, 0.25) is 0 Å². The van der Waals surface area contributed by atoms with Crippen molar-refractivity contribution < 1.29 is 0 Å². The third kappa shape index (κ3) is 1.31. The second-order valence-corrected chi connectivity index (χ2v) is 3.51. The first kappa shape index (κ1) is 7.59. The van der Waals surface area contributed by atoms with Gasteiger partial charge < -0.3 is 0 Å². The summed E-state index contributed by atoms with van der Waals surface area (Å²) in [6, 6.07) is 0. The summed E-state index contributed by atoms with van der Waals surface area (Å²) in [4.78, 5) is 0. The zero-order valence-corrected chi connectivity index (χ0v) is 7.36. The number of hydrogen-bond donors (Lipinski definition) is 0. The fourth-order valence-electron chi connectivity index (χ4n) is 1.27. The van der Waals surface area contributed by atoms with Gasteiger partial charge in [0.05, 0.1) is 0 Å². The van der Waals surface area contributed by atoms with E-state index in [0.717, 1.165) is 5.92 Å². The van der Waals surface area contributed by atoms with Gasteiger partial charge in [-0.25, -0.2) is 0 Å². The smallest absolute Gasteiger partial charge is 0.00997 e. The first-order chi connectivity index (χ1) is 4.61. The highest BCUT2D eigenvalue weighted by Crippen LogP contribution is 2.28. The second kappa shape index (κ2) is 2.61. The summed E-state index contributed by atoms with van der Waals surface area (Å²) in [5.41, 5.74) is 4.61. The minimum atomic E-state index is 0.729. The van der Waals surface area contributed by atoms with Crippen LogP contribution in [0.4, 0.5) is 0 Å². The molecule has 56 valence electrons. The highest BCUT2D eigenvalue weighted by Gasteiger charge is 2.11. The van der Waals surface area contributed by atoms with Gasteiger partial charge in [0.1, 0.15) is 0 Å². The van der Waals surface area contributed by atoms with Crippen molar-refractivity contribution in [2.75, 3.05) is 0 Å². The van der Waals surface area contributed by atoms with Crippen LogP contribution in [0.3, 0.4) is 0 Å². The molecule has 0 heterocycles. The molecule has 1 aliphatic rings. The van der Waals surface area contributed by atoms with Gasteiger partial charge in [-0.15, -0.1) is 0 Å². The van der Waals surface area contributed by atoms with Crippen molar-refractivity contribution in [3.63, 3.8) is 0 Å². The minimum Gasteiger partial charge on any atom is -0.0663 e. The summed E-state index contributed by atoms with van der Waals surface area (Å²) in [7, 11) is 0. The molecule has 1 rings (SSSR count). The molecule has 0 nitrogen and oxygen atoms in total. The van der Waals surface area contributed by atoms with Crippen molar-refractivity contribution >= 4 is 0 Å². The topological polar surface area (TPSA) is 0 Å². The minimum absolute atomic E-state index is 0.729. The molecule has 0 atom stereocenters. The molecular formula is C10H16. The molecule has 10 heavy (non-hydrogen) atoms. The van der Waals surface area contributed by atoms with E-state index in [9.17, 15) is 0 Å². The van der Waals surface area contributed by atoms with Crippen molar-refractivity contribution in [1.29, 1.82) is 0 Å². The summed E-state index contributed by atoms with van der Waals surface area (Å²) in [6.45, 7) is 8.95. The Morgan fingerprint density at radius 1 is 1.30 bits per heavy atom. The van der Waals surface area contributed by atoms with Crippen LogP contribution < -0.4 is 0 Å². The first-order valence-corrected chi connectivity index (χ1v) is 3.98. The monoisotopic (exact) mass is 136 g/mol. The maximum absolute atomic E-state index is 2.33. The standard InChI is InChI=1S/C10H16/c1-7(2)10-5-8(3)9(4)6-10/h5,7H,6H2,1-4H3. The lowest BCUT2D eigenvalue weighted by atomic mass is 10.0. The van der Waals surface area contributed by atoms with Gasteiger partial charge in [-0.1, -0.05) is 36.6 Å². The molecule has 0 fully saturated rings. The normalized spacial score (nSPS) is 18.7. The van der Waals surface area contributed by atoms with Crippen molar-refractivity contribution in [1.82, 2.24) is 0 Å². The highest BCUT2D eigenvalue weighted by atomic mass is 14.2. The van der Waals surface area contributed by atoms with Crippen LogP contribution in [0.1, 0.15) is 34.1 Å². The predicted octanol–water partition coefficient (Wildman–Crippen LogP) is 3.31. The zero-order chi connectivity index (χ0) is 7.72. The Morgan fingerprint density at radius 2 is 1.90 bits per heavy atom. The summed E-state index contributed by atoms with van der Waals surface area (Å²) in [5.74, 6) is 0.729. The second-order valence-electron chi connectivity index (χ2n) is 3.51. The van der Waals surface area contributed by atoms with E-state index < -0.39 is 0 Å². The Labute approximate surface area is 63.6 Å². The van der Waals surface area contributed by atoms with E-state index in [1.807, 2.05) is 0 Å². The SMILES string of the molecule is CC1=C(C)CC(C(C)C)=C1. The maximum Gasteiger partial charge on any atom is -0.00997 e. The number of hydrogen-bond acceptors (Lipinski definition) is 0. The Balaban J connectivity index is 2.70. The Bertz CT molecular complexity index is 192. The molecule has 0 saturated carbocycles. The Kier molecular flexibility index (Phi) is 1.98. The van der Waals surface area contributed by atoms with Gasteiger partial charge in [-0.3, -0.25) is 0 Å².